The fraction of sp³-hybridized carbons (Fsp3) is 0.0625. The van der Waals surface area contributed by atoms with Crippen LogP contribution >= 0.6 is 0 Å². The van der Waals surface area contributed by atoms with Crippen LogP contribution in [0.2, 0.25) is 0 Å². The van der Waals surface area contributed by atoms with Crippen LogP contribution in [0.4, 0.5) is 5.69 Å². The third-order valence-corrected chi connectivity index (χ3v) is 3.36. The molecule has 5 nitrogen and oxygen atoms in total. The van der Waals surface area contributed by atoms with Crippen LogP contribution in [-0.4, -0.2) is 9.49 Å². The van der Waals surface area contributed by atoms with Crippen molar-refractivity contribution < 1.29 is 4.92 Å². The molecule has 104 valence electrons. The summed E-state index contributed by atoms with van der Waals surface area (Å²) in [6.07, 6.45) is 0. The highest BCUT2D eigenvalue weighted by Crippen LogP contribution is 2.18. The fourth-order valence-electron chi connectivity index (χ4n) is 2.37. The molecule has 0 unspecified atom stereocenters. The summed E-state index contributed by atoms with van der Waals surface area (Å²) in [4.78, 5) is 22.8. The van der Waals surface area contributed by atoms with E-state index in [0.717, 1.165) is 5.56 Å². The molecule has 0 aliphatic rings. The molecule has 0 aliphatic heterocycles. The molecule has 0 fully saturated rings. The molecule has 0 saturated carbocycles. The summed E-state index contributed by atoms with van der Waals surface area (Å²) in [5.74, 6) is 0. The van der Waals surface area contributed by atoms with E-state index in [4.69, 9.17) is 0 Å². The quantitative estimate of drug-likeness (QED) is 0.547. The Morgan fingerprint density at radius 2 is 1.67 bits per heavy atom. The van der Waals surface area contributed by atoms with Crippen molar-refractivity contribution in [2.75, 3.05) is 0 Å². The Kier molecular flexibility index (Phi) is 3.23. The summed E-state index contributed by atoms with van der Waals surface area (Å²) < 4.78 is 1.45. The van der Waals surface area contributed by atoms with E-state index in [1.807, 2.05) is 36.4 Å². The van der Waals surface area contributed by atoms with Crippen molar-refractivity contribution in [3.63, 3.8) is 0 Å². The molecule has 1 heterocycles. The second-order valence-corrected chi connectivity index (χ2v) is 4.72. The Labute approximate surface area is 120 Å². The first kappa shape index (κ1) is 13.1. The summed E-state index contributed by atoms with van der Waals surface area (Å²) in [7, 11) is 0. The highest BCUT2D eigenvalue weighted by Gasteiger charge is 2.17. The predicted molar refractivity (Wildman–Crippen MR) is 80.4 cm³/mol. The normalized spacial score (nSPS) is 10.7. The van der Waals surface area contributed by atoms with Crippen molar-refractivity contribution in [3.05, 3.63) is 86.7 Å². The molecule has 0 N–H and O–H groups in total. The van der Waals surface area contributed by atoms with Gasteiger partial charge in [-0.15, -0.1) is 0 Å². The number of nitro groups is 1. The molecule has 0 saturated heterocycles. The number of hydrogen-bond donors (Lipinski definition) is 0. The lowest BCUT2D eigenvalue weighted by atomic mass is 10.1. The minimum absolute atomic E-state index is 0.307. The minimum atomic E-state index is -0.629. The van der Waals surface area contributed by atoms with E-state index in [1.54, 1.807) is 18.2 Å². The topological polar surface area (TPSA) is 65.1 Å². The predicted octanol–water partition coefficient (Wildman–Crippen LogP) is 2.96. The van der Waals surface area contributed by atoms with Gasteiger partial charge in [-0.2, -0.15) is 0 Å². The highest BCUT2D eigenvalue weighted by atomic mass is 16.6. The zero-order valence-corrected chi connectivity index (χ0v) is 11.1. The van der Waals surface area contributed by atoms with Gasteiger partial charge >= 0.3 is 11.2 Å². The number of nitrogens with zero attached hydrogens (tertiary/aromatic N) is 2. The van der Waals surface area contributed by atoms with Crippen molar-refractivity contribution in [2.24, 2.45) is 0 Å². The number of pyridine rings is 1. The molecule has 0 atom stereocenters. The smallest absolute Gasteiger partial charge is 0.298 e. The number of rotatable bonds is 3. The van der Waals surface area contributed by atoms with Crippen LogP contribution in [0, 0.1) is 10.1 Å². The number of fused-ring (bicyclic) bond motifs is 1. The fourth-order valence-corrected chi connectivity index (χ4v) is 2.37. The van der Waals surface area contributed by atoms with Gasteiger partial charge in [0, 0.05) is 11.5 Å². The minimum Gasteiger partial charge on any atom is -0.298 e. The van der Waals surface area contributed by atoms with Gasteiger partial charge in [0.25, 0.3) is 0 Å². The Bertz CT molecular complexity index is 870. The van der Waals surface area contributed by atoms with E-state index in [1.165, 1.54) is 10.6 Å². The lowest BCUT2D eigenvalue weighted by Gasteiger charge is -2.10. The Morgan fingerprint density at radius 3 is 2.38 bits per heavy atom. The zero-order valence-electron chi connectivity index (χ0n) is 11.1. The molecule has 0 radical (unpaired) electrons. The molecule has 3 rings (SSSR count). The monoisotopic (exact) mass is 280 g/mol. The van der Waals surface area contributed by atoms with Crippen molar-refractivity contribution in [1.29, 1.82) is 0 Å². The largest absolute Gasteiger partial charge is 0.334 e. The lowest BCUT2D eigenvalue weighted by Crippen LogP contribution is -2.23. The van der Waals surface area contributed by atoms with Gasteiger partial charge in [0.15, 0.2) is 0 Å². The number of aromatic nitrogens is 1. The first-order valence-corrected chi connectivity index (χ1v) is 6.48. The van der Waals surface area contributed by atoms with Gasteiger partial charge < -0.3 is 0 Å². The van der Waals surface area contributed by atoms with Gasteiger partial charge in [-0.1, -0.05) is 48.5 Å². The summed E-state index contributed by atoms with van der Waals surface area (Å²) in [6, 6.07) is 17.9. The van der Waals surface area contributed by atoms with E-state index in [2.05, 4.69) is 0 Å². The van der Waals surface area contributed by atoms with Gasteiger partial charge in [0.05, 0.1) is 17.0 Å². The van der Waals surface area contributed by atoms with Gasteiger partial charge in [-0.25, -0.2) is 0 Å². The molecular formula is C16H12N2O3. The molecule has 0 bridgehead atoms. The zero-order chi connectivity index (χ0) is 14.8. The maximum atomic E-state index is 12.4. The van der Waals surface area contributed by atoms with Gasteiger partial charge in [-0.05, 0) is 11.6 Å². The summed E-state index contributed by atoms with van der Waals surface area (Å²) >= 11 is 0. The first-order chi connectivity index (χ1) is 10.2. The maximum absolute atomic E-state index is 12.4. The molecule has 5 heteroatoms. The van der Waals surface area contributed by atoms with Crippen molar-refractivity contribution in [1.82, 2.24) is 4.57 Å². The molecule has 1 aromatic heterocycles. The van der Waals surface area contributed by atoms with Crippen LogP contribution in [0.3, 0.4) is 0 Å². The Balaban J connectivity index is 2.26. The highest BCUT2D eigenvalue weighted by molar-refractivity contribution is 5.81. The molecule has 2 aromatic carbocycles. The van der Waals surface area contributed by atoms with Crippen molar-refractivity contribution in [3.8, 4) is 0 Å². The van der Waals surface area contributed by atoms with Crippen LogP contribution in [0.25, 0.3) is 10.9 Å². The molecule has 0 spiro atoms. The average molecular weight is 280 g/mol. The third kappa shape index (κ3) is 2.41. The summed E-state index contributed by atoms with van der Waals surface area (Å²) in [6.45, 7) is 0.307. The van der Waals surface area contributed by atoms with E-state index < -0.39 is 16.2 Å². The second kappa shape index (κ2) is 5.20. The Hall–Kier alpha value is -2.95. The lowest BCUT2D eigenvalue weighted by molar-refractivity contribution is -0.386. The average Bonchev–Trinajstić information content (AvgIpc) is 2.50. The summed E-state index contributed by atoms with van der Waals surface area (Å²) in [5.41, 5.74) is 0.634. The number of benzene rings is 2. The molecule has 0 aliphatic carbocycles. The van der Waals surface area contributed by atoms with Crippen molar-refractivity contribution >= 4 is 16.6 Å². The molecule has 21 heavy (non-hydrogen) atoms. The van der Waals surface area contributed by atoms with Gasteiger partial charge in [0.2, 0.25) is 0 Å². The van der Waals surface area contributed by atoms with E-state index in [-0.39, 0.29) is 0 Å². The maximum Gasteiger partial charge on any atom is 0.334 e. The first-order valence-electron chi connectivity index (χ1n) is 6.48. The van der Waals surface area contributed by atoms with Crippen LogP contribution in [0.1, 0.15) is 5.56 Å². The van der Waals surface area contributed by atoms with Crippen LogP contribution in [-0.2, 0) is 6.54 Å². The SMILES string of the molecule is O=c1c([N+](=O)[O-])cc2ccccc2n1Cc1ccccc1. The molecule has 0 amide bonds. The molecular weight excluding hydrogens is 268 g/mol. The number of hydrogen-bond acceptors (Lipinski definition) is 3. The Morgan fingerprint density at radius 1 is 1.00 bits per heavy atom. The number of para-hydroxylation sites is 1. The van der Waals surface area contributed by atoms with Crippen LogP contribution < -0.4 is 5.56 Å². The van der Waals surface area contributed by atoms with Crippen molar-refractivity contribution in [2.45, 2.75) is 6.54 Å². The van der Waals surface area contributed by atoms with Gasteiger partial charge in [0.1, 0.15) is 0 Å². The van der Waals surface area contributed by atoms with E-state index >= 15 is 0 Å². The standard InChI is InChI=1S/C16H12N2O3/c19-16-15(18(20)21)10-13-8-4-5-9-14(13)17(16)11-12-6-2-1-3-7-12/h1-10H,11H2. The van der Waals surface area contributed by atoms with Gasteiger partial charge in [-0.3, -0.25) is 19.5 Å². The molecule has 3 aromatic rings. The third-order valence-electron chi connectivity index (χ3n) is 3.36. The van der Waals surface area contributed by atoms with E-state index in [9.17, 15) is 14.9 Å². The van der Waals surface area contributed by atoms with Crippen LogP contribution in [0.5, 0.6) is 0 Å². The second-order valence-electron chi connectivity index (χ2n) is 4.72. The van der Waals surface area contributed by atoms with E-state index in [0.29, 0.717) is 17.4 Å². The van der Waals surface area contributed by atoms with Crippen LogP contribution in [0.15, 0.2) is 65.5 Å². The summed E-state index contributed by atoms with van der Waals surface area (Å²) in [5, 5.41) is 11.7.